The van der Waals surface area contributed by atoms with Crippen molar-refractivity contribution in [3.8, 4) is 33.3 Å². The van der Waals surface area contributed by atoms with Crippen molar-refractivity contribution in [2.75, 3.05) is 46.4 Å². The first-order chi connectivity index (χ1) is 19.6. The molecular formula is C31H32N4O4S. The van der Waals surface area contributed by atoms with Gasteiger partial charge >= 0.3 is 0 Å². The number of thiazole rings is 1. The highest BCUT2D eigenvalue weighted by atomic mass is 32.1. The number of rotatable bonds is 10. The number of aliphatic hydroxyl groups excluding tert-OH is 1. The summed E-state index contributed by atoms with van der Waals surface area (Å²) in [5.41, 5.74) is 3.72. The van der Waals surface area contributed by atoms with Gasteiger partial charge in [-0.3, -0.25) is 9.80 Å². The number of hydrogen-bond acceptors (Lipinski definition) is 9. The third kappa shape index (κ3) is 6.18. The summed E-state index contributed by atoms with van der Waals surface area (Å²) in [7, 11) is 1.66. The fourth-order valence-corrected chi connectivity index (χ4v) is 5.92. The largest absolute Gasteiger partial charge is 0.496 e. The molecule has 1 aliphatic rings. The molecule has 1 fully saturated rings. The molecule has 40 heavy (non-hydrogen) atoms. The van der Waals surface area contributed by atoms with Gasteiger partial charge in [-0.25, -0.2) is 4.98 Å². The van der Waals surface area contributed by atoms with E-state index in [1.165, 1.54) is 0 Å². The smallest absolute Gasteiger partial charge is 0.151 e. The molecule has 3 heterocycles. The first-order valence-corrected chi connectivity index (χ1v) is 14.3. The van der Waals surface area contributed by atoms with Crippen LogP contribution in [-0.2, 0) is 6.54 Å². The zero-order valence-corrected chi connectivity index (χ0v) is 23.2. The van der Waals surface area contributed by atoms with Crippen molar-refractivity contribution in [2.24, 2.45) is 0 Å². The van der Waals surface area contributed by atoms with Crippen molar-refractivity contribution in [1.82, 2.24) is 19.9 Å². The minimum atomic E-state index is -0.574. The second kappa shape index (κ2) is 12.2. The lowest BCUT2D eigenvalue weighted by atomic mass is 10.1. The molecule has 1 N–H and O–H groups in total. The van der Waals surface area contributed by atoms with Crippen molar-refractivity contribution in [3.05, 3.63) is 84.6 Å². The van der Waals surface area contributed by atoms with Crippen LogP contribution in [0.5, 0.6) is 11.5 Å². The number of nitrogens with zero attached hydrogens (tertiary/aromatic N) is 4. The Morgan fingerprint density at radius 2 is 1.73 bits per heavy atom. The molecule has 0 radical (unpaired) electrons. The van der Waals surface area contributed by atoms with Crippen LogP contribution in [0.2, 0.25) is 0 Å². The molecule has 3 aromatic carbocycles. The minimum absolute atomic E-state index is 0.241. The molecule has 9 heteroatoms. The third-order valence-electron chi connectivity index (χ3n) is 7.08. The Kier molecular flexibility index (Phi) is 8.06. The first kappa shape index (κ1) is 26.5. The van der Waals surface area contributed by atoms with Crippen molar-refractivity contribution >= 4 is 21.6 Å². The Morgan fingerprint density at radius 3 is 2.55 bits per heavy atom. The fourth-order valence-electron chi connectivity index (χ4n) is 4.97. The van der Waals surface area contributed by atoms with Crippen LogP contribution in [0.4, 0.5) is 0 Å². The lowest BCUT2D eigenvalue weighted by Crippen LogP contribution is -2.48. The van der Waals surface area contributed by atoms with Crippen LogP contribution in [0.1, 0.15) is 5.76 Å². The highest BCUT2D eigenvalue weighted by Gasteiger charge is 2.21. The lowest BCUT2D eigenvalue weighted by molar-refractivity contribution is 0.0430. The zero-order valence-electron chi connectivity index (χ0n) is 22.4. The maximum atomic E-state index is 10.7. The van der Waals surface area contributed by atoms with E-state index in [0.29, 0.717) is 13.1 Å². The normalized spacial score (nSPS) is 15.3. The Labute approximate surface area is 237 Å². The van der Waals surface area contributed by atoms with E-state index in [-0.39, 0.29) is 6.61 Å². The first-order valence-electron chi connectivity index (χ1n) is 13.4. The van der Waals surface area contributed by atoms with Crippen molar-refractivity contribution in [2.45, 2.75) is 12.6 Å². The van der Waals surface area contributed by atoms with E-state index in [0.717, 1.165) is 75.5 Å². The topological polar surface area (TPSA) is 84.1 Å². The van der Waals surface area contributed by atoms with Gasteiger partial charge in [0.15, 0.2) is 5.76 Å². The third-order valence-corrected chi connectivity index (χ3v) is 8.16. The summed E-state index contributed by atoms with van der Waals surface area (Å²) in [4.78, 5) is 9.40. The van der Waals surface area contributed by atoms with Crippen molar-refractivity contribution in [3.63, 3.8) is 0 Å². The van der Waals surface area contributed by atoms with Gasteiger partial charge in [0.25, 0.3) is 0 Å². The maximum Gasteiger partial charge on any atom is 0.151 e. The minimum Gasteiger partial charge on any atom is -0.496 e. The molecule has 0 unspecified atom stereocenters. The molecule has 0 bridgehead atoms. The molecule has 6 rings (SSSR count). The van der Waals surface area contributed by atoms with Gasteiger partial charge in [-0.15, -0.1) is 11.3 Å². The molecule has 8 nitrogen and oxygen atoms in total. The standard InChI is InChI=1S/C31H32N4O4S/c1-37-29-10-6-5-9-26(29)27-18-25(39-33-27)20-35-15-13-34(14-16-35)19-23(36)21-38-24-11-12-30-28(17-24)32-31(40-30)22-7-3-2-4-8-22/h2-12,17-18,23,36H,13-16,19-21H2,1H3/t23-/m0/s1. The van der Waals surface area contributed by atoms with Crippen molar-refractivity contribution in [1.29, 1.82) is 0 Å². The van der Waals surface area contributed by atoms with E-state index in [2.05, 4.69) is 27.1 Å². The number of β-amino-alcohol motifs (C(OH)–C–C–N with tert-alkyl or cyclic N) is 1. The Bertz CT molecular complexity index is 1550. The SMILES string of the molecule is COc1ccccc1-c1cc(CN2CCN(C[C@H](O)COc3ccc4sc(-c5ccccc5)nc4c3)CC2)on1. The highest BCUT2D eigenvalue weighted by Crippen LogP contribution is 2.32. The molecule has 0 spiro atoms. The molecule has 2 aromatic heterocycles. The van der Waals surface area contributed by atoms with Gasteiger partial charge < -0.3 is 19.1 Å². The van der Waals surface area contributed by atoms with Crippen LogP contribution >= 0.6 is 11.3 Å². The molecule has 0 saturated carbocycles. The average molecular weight is 557 g/mol. The summed E-state index contributed by atoms with van der Waals surface area (Å²) >= 11 is 1.67. The van der Waals surface area contributed by atoms with E-state index in [1.807, 2.05) is 66.7 Å². The van der Waals surface area contributed by atoms with E-state index >= 15 is 0 Å². The predicted molar refractivity (Wildman–Crippen MR) is 157 cm³/mol. The monoisotopic (exact) mass is 556 g/mol. The molecule has 1 aliphatic heterocycles. The molecule has 1 saturated heterocycles. The Balaban J connectivity index is 0.962. The number of para-hydroxylation sites is 1. The van der Waals surface area contributed by atoms with Crippen LogP contribution in [0.25, 0.3) is 32.0 Å². The summed E-state index contributed by atoms with van der Waals surface area (Å²) in [5.74, 6) is 2.33. The Morgan fingerprint density at radius 1 is 0.950 bits per heavy atom. The van der Waals surface area contributed by atoms with Gasteiger partial charge in [0.2, 0.25) is 0 Å². The van der Waals surface area contributed by atoms with E-state index in [1.54, 1.807) is 18.4 Å². The van der Waals surface area contributed by atoms with Gasteiger partial charge in [-0.1, -0.05) is 47.6 Å². The molecule has 0 aliphatic carbocycles. The summed E-state index contributed by atoms with van der Waals surface area (Å²) in [5, 5.41) is 15.9. The Hall–Kier alpha value is -3.76. The van der Waals surface area contributed by atoms with E-state index < -0.39 is 6.10 Å². The van der Waals surface area contributed by atoms with Crippen molar-refractivity contribution < 1.29 is 19.1 Å². The quantitative estimate of drug-likeness (QED) is 0.252. The number of methoxy groups -OCH3 is 1. The molecule has 1 atom stereocenters. The number of aromatic nitrogens is 2. The van der Waals surface area contributed by atoms with Gasteiger partial charge in [-0.2, -0.15) is 0 Å². The maximum absolute atomic E-state index is 10.7. The molecule has 5 aromatic rings. The second-order valence-electron chi connectivity index (χ2n) is 9.93. The summed E-state index contributed by atoms with van der Waals surface area (Å²) in [6.45, 7) is 5.05. The molecule has 206 valence electrons. The van der Waals surface area contributed by atoms with Crippen LogP contribution in [0, 0.1) is 0 Å². The number of fused-ring (bicyclic) bond motifs is 1. The zero-order chi connectivity index (χ0) is 27.3. The summed E-state index contributed by atoms with van der Waals surface area (Å²) in [6.07, 6.45) is -0.574. The summed E-state index contributed by atoms with van der Waals surface area (Å²) < 4.78 is 18.1. The van der Waals surface area contributed by atoms with Crippen LogP contribution in [0.3, 0.4) is 0 Å². The summed E-state index contributed by atoms with van der Waals surface area (Å²) in [6, 6.07) is 25.9. The number of aliphatic hydroxyl groups is 1. The average Bonchev–Trinajstić information content (AvgIpc) is 3.64. The van der Waals surface area contributed by atoms with Gasteiger partial charge in [-0.05, 0) is 24.3 Å². The van der Waals surface area contributed by atoms with Gasteiger partial charge in [0, 0.05) is 56.0 Å². The number of hydrogen-bond donors (Lipinski definition) is 1. The highest BCUT2D eigenvalue weighted by molar-refractivity contribution is 7.21. The van der Waals surface area contributed by atoms with E-state index in [4.69, 9.17) is 19.0 Å². The number of piperazine rings is 1. The molecular weight excluding hydrogens is 524 g/mol. The van der Waals surface area contributed by atoms with Crippen LogP contribution in [0.15, 0.2) is 83.4 Å². The fraction of sp³-hybridized carbons (Fsp3) is 0.290. The van der Waals surface area contributed by atoms with E-state index in [9.17, 15) is 5.11 Å². The second-order valence-corrected chi connectivity index (χ2v) is 11.0. The van der Waals surface area contributed by atoms with Gasteiger partial charge in [0.1, 0.15) is 34.9 Å². The van der Waals surface area contributed by atoms with Crippen LogP contribution < -0.4 is 9.47 Å². The predicted octanol–water partition coefficient (Wildman–Crippen LogP) is 5.18. The molecule has 0 amide bonds. The van der Waals surface area contributed by atoms with Crippen LogP contribution in [-0.4, -0.2) is 77.6 Å². The number of ether oxygens (including phenoxy) is 2. The number of benzene rings is 3. The lowest BCUT2D eigenvalue weighted by Gasteiger charge is -2.35. The van der Waals surface area contributed by atoms with Gasteiger partial charge in [0.05, 0.1) is 23.9 Å².